The Morgan fingerprint density at radius 1 is 1.38 bits per heavy atom. The molecular formula is C13H21ClN4O5S. The van der Waals surface area contributed by atoms with Gasteiger partial charge in [0.05, 0.1) is 9.82 Å². The van der Waals surface area contributed by atoms with E-state index in [1.165, 1.54) is 18.2 Å². The summed E-state index contributed by atoms with van der Waals surface area (Å²) in [5.74, 6) is -0.283. The first-order valence-electron chi connectivity index (χ1n) is 6.94. The molecule has 0 fully saturated rings. The Morgan fingerprint density at radius 3 is 2.62 bits per heavy atom. The molecule has 0 aliphatic rings. The molecule has 1 aromatic rings. The molecule has 1 amide bonds. The van der Waals surface area contributed by atoms with Crippen LogP contribution in [0.5, 0.6) is 0 Å². The van der Waals surface area contributed by atoms with E-state index in [-0.39, 0.29) is 47.9 Å². The molecule has 3 N–H and O–H groups in total. The van der Waals surface area contributed by atoms with E-state index in [0.717, 1.165) is 6.07 Å². The fraction of sp³-hybridized carbons (Fsp3) is 0.462. The minimum atomic E-state index is -3.89. The minimum absolute atomic E-state index is 0. The first-order valence-corrected chi connectivity index (χ1v) is 8.42. The zero-order valence-corrected chi connectivity index (χ0v) is 14.9. The molecule has 11 heteroatoms. The Morgan fingerprint density at radius 2 is 2.04 bits per heavy atom. The maximum absolute atomic E-state index is 12.0. The number of likely N-dealkylation sites (N-methyl/N-ethyl adjacent to an activating group) is 1. The van der Waals surface area contributed by atoms with Crippen LogP contribution in [-0.2, 0) is 14.8 Å². The highest BCUT2D eigenvalue weighted by Crippen LogP contribution is 2.16. The quantitative estimate of drug-likeness (QED) is 0.420. The number of benzene rings is 1. The molecule has 1 aromatic carbocycles. The van der Waals surface area contributed by atoms with Crippen molar-refractivity contribution in [3.63, 3.8) is 0 Å². The van der Waals surface area contributed by atoms with Crippen molar-refractivity contribution in [2.75, 3.05) is 20.1 Å². The third-order valence-corrected chi connectivity index (χ3v) is 4.54. The number of sulfonamides is 1. The van der Waals surface area contributed by atoms with E-state index in [1.54, 1.807) is 7.05 Å². The maximum Gasteiger partial charge on any atom is 0.270 e. The van der Waals surface area contributed by atoms with Crippen LogP contribution >= 0.6 is 12.4 Å². The average Bonchev–Trinajstić information content (AvgIpc) is 2.52. The number of amides is 1. The van der Waals surface area contributed by atoms with Crippen LogP contribution in [0.1, 0.15) is 13.3 Å². The largest absolute Gasteiger partial charge is 0.355 e. The fourth-order valence-corrected chi connectivity index (χ4v) is 2.67. The van der Waals surface area contributed by atoms with E-state index >= 15 is 0 Å². The number of nitro groups is 1. The molecule has 0 saturated carbocycles. The fourth-order valence-electron chi connectivity index (χ4n) is 1.60. The van der Waals surface area contributed by atoms with Crippen LogP contribution in [0, 0.1) is 10.1 Å². The molecule has 24 heavy (non-hydrogen) atoms. The van der Waals surface area contributed by atoms with E-state index in [1.807, 2.05) is 6.92 Å². The van der Waals surface area contributed by atoms with Crippen molar-refractivity contribution in [1.82, 2.24) is 15.4 Å². The van der Waals surface area contributed by atoms with Gasteiger partial charge in [-0.1, -0.05) is 6.07 Å². The third-order valence-electron chi connectivity index (χ3n) is 3.08. The second kappa shape index (κ2) is 10.2. The molecule has 1 unspecified atom stereocenters. The van der Waals surface area contributed by atoms with Gasteiger partial charge in [-0.15, -0.1) is 12.4 Å². The van der Waals surface area contributed by atoms with E-state index in [0.29, 0.717) is 6.54 Å². The van der Waals surface area contributed by atoms with Crippen LogP contribution in [0.25, 0.3) is 0 Å². The lowest BCUT2D eigenvalue weighted by molar-refractivity contribution is -0.385. The number of carbonyl (C=O) groups is 1. The van der Waals surface area contributed by atoms with Crippen LogP contribution in [0.2, 0.25) is 0 Å². The molecule has 0 bridgehead atoms. The number of rotatable bonds is 9. The monoisotopic (exact) mass is 380 g/mol. The Kier molecular flexibility index (Phi) is 9.44. The SMILES string of the molecule is CNC(C)CNC(=O)CCNS(=O)(=O)c1cccc([N+](=O)[O-])c1.Cl. The van der Waals surface area contributed by atoms with Crippen LogP contribution in [0.3, 0.4) is 0 Å². The summed E-state index contributed by atoms with van der Waals surface area (Å²) in [6.07, 6.45) is -0.0232. The lowest BCUT2D eigenvalue weighted by Gasteiger charge is -2.11. The second-order valence-corrected chi connectivity index (χ2v) is 6.66. The molecule has 0 aliphatic heterocycles. The molecule has 0 spiro atoms. The van der Waals surface area contributed by atoms with Crippen LogP contribution < -0.4 is 15.4 Å². The van der Waals surface area contributed by atoms with Crippen molar-refractivity contribution in [2.24, 2.45) is 0 Å². The predicted molar refractivity (Wildman–Crippen MR) is 91.7 cm³/mol. The van der Waals surface area contributed by atoms with Gasteiger partial charge >= 0.3 is 0 Å². The van der Waals surface area contributed by atoms with Crippen molar-refractivity contribution in [2.45, 2.75) is 24.3 Å². The van der Waals surface area contributed by atoms with Gasteiger partial charge in [-0.3, -0.25) is 14.9 Å². The van der Waals surface area contributed by atoms with Crippen molar-refractivity contribution >= 4 is 34.0 Å². The standard InChI is InChI=1S/C13H20N4O5S.ClH/c1-10(14-2)9-15-13(18)6-7-16-23(21,22)12-5-3-4-11(8-12)17(19)20;/h3-5,8,10,14,16H,6-7,9H2,1-2H3,(H,15,18);1H. The summed E-state index contributed by atoms with van der Waals surface area (Å²) >= 11 is 0. The van der Waals surface area contributed by atoms with Gasteiger partial charge in [0.15, 0.2) is 0 Å². The van der Waals surface area contributed by atoms with Gasteiger partial charge in [0.1, 0.15) is 0 Å². The van der Waals surface area contributed by atoms with Gasteiger partial charge in [-0.2, -0.15) is 0 Å². The van der Waals surface area contributed by atoms with Gasteiger partial charge in [0.25, 0.3) is 5.69 Å². The minimum Gasteiger partial charge on any atom is -0.355 e. The molecule has 0 aliphatic carbocycles. The van der Waals surface area contributed by atoms with Crippen molar-refractivity contribution in [3.05, 3.63) is 34.4 Å². The highest BCUT2D eigenvalue weighted by atomic mass is 35.5. The summed E-state index contributed by atoms with van der Waals surface area (Å²) in [4.78, 5) is 21.4. The van der Waals surface area contributed by atoms with Crippen molar-refractivity contribution in [3.8, 4) is 0 Å². The molecular weight excluding hydrogens is 360 g/mol. The summed E-state index contributed by atoms with van der Waals surface area (Å²) in [6.45, 7) is 2.24. The molecule has 1 atom stereocenters. The second-order valence-electron chi connectivity index (χ2n) is 4.90. The molecule has 0 radical (unpaired) electrons. The number of hydrogen-bond donors (Lipinski definition) is 3. The summed E-state index contributed by atoms with van der Waals surface area (Å²) < 4.78 is 26.3. The average molecular weight is 381 g/mol. The summed E-state index contributed by atoms with van der Waals surface area (Å²) in [6, 6.07) is 4.83. The Labute approximate surface area is 146 Å². The van der Waals surface area contributed by atoms with E-state index in [4.69, 9.17) is 0 Å². The van der Waals surface area contributed by atoms with Crippen molar-refractivity contribution < 1.29 is 18.1 Å². The van der Waals surface area contributed by atoms with Crippen LogP contribution in [-0.4, -0.2) is 45.4 Å². The molecule has 9 nitrogen and oxygen atoms in total. The number of hydrogen-bond acceptors (Lipinski definition) is 6. The van der Waals surface area contributed by atoms with Gasteiger partial charge in [0, 0.05) is 37.7 Å². The summed E-state index contributed by atoms with van der Waals surface area (Å²) in [5.41, 5.74) is -0.313. The van der Waals surface area contributed by atoms with Gasteiger partial charge in [-0.05, 0) is 20.0 Å². The third kappa shape index (κ3) is 7.21. The van der Waals surface area contributed by atoms with Crippen molar-refractivity contribution in [1.29, 1.82) is 0 Å². The Bertz CT molecular complexity index is 668. The topological polar surface area (TPSA) is 130 Å². The highest BCUT2D eigenvalue weighted by Gasteiger charge is 2.17. The number of non-ortho nitro benzene ring substituents is 1. The first-order chi connectivity index (χ1) is 10.8. The highest BCUT2D eigenvalue weighted by molar-refractivity contribution is 7.89. The van der Waals surface area contributed by atoms with E-state index in [2.05, 4.69) is 15.4 Å². The van der Waals surface area contributed by atoms with Crippen LogP contribution in [0.4, 0.5) is 5.69 Å². The summed E-state index contributed by atoms with van der Waals surface area (Å²) in [5, 5.41) is 16.3. The Hall–Kier alpha value is -1.75. The number of carbonyl (C=O) groups excluding carboxylic acids is 1. The lowest BCUT2D eigenvalue weighted by atomic mass is 10.3. The predicted octanol–water partition coefficient (Wildman–Crippen LogP) is 0.409. The van der Waals surface area contributed by atoms with Gasteiger partial charge < -0.3 is 10.6 Å². The lowest BCUT2D eigenvalue weighted by Crippen LogP contribution is -2.38. The van der Waals surface area contributed by atoms with E-state index < -0.39 is 14.9 Å². The Balaban J connectivity index is 0.00000529. The van der Waals surface area contributed by atoms with Gasteiger partial charge in [0.2, 0.25) is 15.9 Å². The molecule has 1 rings (SSSR count). The zero-order chi connectivity index (χ0) is 17.5. The van der Waals surface area contributed by atoms with Gasteiger partial charge in [-0.25, -0.2) is 13.1 Å². The van der Waals surface area contributed by atoms with Crippen LogP contribution in [0.15, 0.2) is 29.2 Å². The molecule has 0 aromatic heterocycles. The smallest absolute Gasteiger partial charge is 0.270 e. The molecule has 0 heterocycles. The first kappa shape index (κ1) is 22.2. The number of halogens is 1. The normalized spacial score (nSPS) is 12.1. The zero-order valence-electron chi connectivity index (χ0n) is 13.3. The number of nitrogens with one attached hydrogen (secondary N) is 3. The molecule has 0 saturated heterocycles. The summed E-state index contributed by atoms with van der Waals surface area (Å²) in [7, 11) is -2.13. The maximum atomic E-state index is 12.0. The van der Waals surface area contributed by atoms with E-state index in [9.17, 15) is 23.3 Å². The molecule has 136 valence electrons. The number of nitro benzene ring substituents is 1. The number of nitrogens with zero attached hydrogens (tertiary/aromatic N) is 1.